The van der Waals surface area contributed by atoms with Crippen LogP contribution in [0.15, 0.2) is 35.5 Å². The number of carbonyl (C=O) groups excluding carboxylic acids is 1. The van der Waals surface area contributed by atoms with Crippen molar-refractivity contribution in [3.05, 3.63) is 36.1 Å². The van der Waals surface area contributed by atoms with Gasteiger partial charge in [0.15, 0.2) is 18.2 Å². The molecule has 1 spiro atoms. The number of nitrogens with one attached hydrogen (secondary N) is 1. The Morgan fingerprint density at radius 3 is 3.03 bits per heavy atom. The molecule has 1 saturated carbocycles. The first-order chi connectivity index (χ1) is 14.9. The van der Waals surface area contributed by atoms with Crippen molar-refractivity contribution >= 4 is 23.3 Å². The number of allylic oxidation sites excluding steroid dienone is 1. The number of alkyl halides is 2. The maximum atomic E-state index is 14.5. The maximum absolute atomic E-state index is 14.5. The Balaban J connectivity index is 1.50. The number of amides is 1. The van der Waals surface area contributed by atoms with Crippen molar-refractivity contribution in [1.82, 2.24) is 19.9 Å². The van der Waals surface area contributed by atoms with Crippen LogP contribution in [0.2, 0.25) is 0 Å². The number of ether oxygens (including phenoxy) is 1. The Kier molecular flexibility index (Phi) is 3.73. The second-order valence-electron chi connectivity index (χ2n) is 8.57. The van der Waals surface area contributed by atoms with Crippen LogP contribution in [0.5, 0.6) is 0 Å². The number of aliphatic imine (C=N–C) groups is 1. The molecule has 3 atom stereocenters. The summed E-state index contributed by atoms with van der Waals surface area (Å²) in [5.74, 6) is -3.87. The van der Waals surface area contributed by atoms with Gasteiger partial charge in [-0.1, -0.05) is 0 Å². The van der Waals surface area contributed by atoms with Crippen LogP contribution in [0, 0.1) is 11.8 Å². The lowest BCUT2D eigenvalue weighted by atomic mass is 9.89. The van der Waals surface area contributed by atoms with Crippen LogP contribution in [0.1, 0.15) is 29.6 Å². The smallest absolute Gasteiger partial charge is 0.298 e. The van der Waals surface area contributed by atoms with Gasteiger partial charge >= 0.3 is 0 Å². The van der Waals surface area contributed by atoms with Crippen LogP contribution >= 0.6 is 0 Å². The van der Waals surface area contributed by atoms with Crippen LogP contribution in [0.25, 0.3) is 5.65 Å². The zero-order chi connectivity index (χ0) is 21.4. The molecule has 11 heteroatoms. The van der Waals surface area contributed by atoms with E-state index in [2.05, 4.69) is 25.3 Å². The summed E-state index contributed by atoms with van der Waals surface area (Å²) in [6.45, 7) is -1.18. The van der Waals surface area contributed by atoms with Gasteiger partial charge in [0.25, 0.3) is 11.8 Å². The second kappa shape index (κ2) is 6.21. The Hall–Kier alpha value is -3.11. The number of halogens is 3. The van der Waals surface area contributed by atoms with E-state index in [0.717, 1.165) is 19.0 Å². The minimum absolute atomic E-state index is 0.0499. The summed E-state index contributed by atoms with van der Waals surface area (Å²) in [5, 5.41) is 6.35. The van der Waals surface area contributed by atoms with Gasteiger partial charge in [-0.05, 0) is 24.8 Å². The first-order valence-corrected chi connectivity index (χ1v) is 10.2. The number of carbonyl (C=O) groups is 1. The summed E-state index contributed by atoms with van der Waals surface area (Å²) in [7, 11) is 0. The number of rotatable bonds is 0. The van der Waals surface area contributed by atoms with Gasteiger partial charge in [-0.15, -0.1) is 0 Å². The summed E-state index contributed by atoms with van der Waals surface area (Å²) in [4.78, 5) is 23.3. The Morgan fingerprint density at radius 1 is 1.32 bits per heavy atom. The maximum Gasteiger partial charge on any atom is 0.298 e. The van der Waals surface area contributed by atoms with Crippen molar-refractivity contribution in [1.29, 1.82) is 0 Å². The average Bonchev–Trinajstić information content (AvgIpc) is 3.13. The SMILES string of the molecule is O=C1NCC(F)(F)COC2=NC=C(F)CC2[C@@]23C[C@@H]2CCN3c2ccn3ncc1c3n2. The molecule has 3 aliphatic heterocycles. The van der Waals surface area contributed by atoms with Crippen LogP contribution in [-0.4, -0.2) is 57.6 Å². The highest BCUT2D eigenvalue weighted by Crippen LogP contribution is 2.62. The summed E-state index contributed by atoms with van der Waals surface area (Å²) in [5.41, 5.74) is -0.0861. The topological polar surface area (TPSA) is 84.1 Å². The number of nitrogens with zero attached hydrogens (tertiary/aromatic N) is 5. The average molecular weight is 432 g/mol. The molecule has 0 radical (unpaired) electrons. The largest absolute Gasteiger partial charge is 0.474 e. The van der Waals surface area contributed by atoms with Crippen LogP contribution in [0.3, 0.4) is 0 Å². The molecule has 2 bridgehead atoms. The number of fused-ring (bicyclic) bond motifs is 3. The molecule has 162 valence electrons. The Bertz CT molecular complexity index is 1160. The molecule has 8 nitrogen and oxygen atoms in total. The van der Waals surface area contributed by atoms with Gasteiger partial charge in [0.1, 0.15) is 17.2 Å². The molecule has 5 heterocycles. The van der Waals surface area contributed by atoms with Crippen molar-refractivity contribution in [2.75, 3.05) is 24.6 Å². The van der Waals surface area contributed by atoms with Gasteiger partial charge in [0.2, 0.25) is 0 Å². The van der Waals surface area contributed by atoms with Gasteiger partial charge in [-0.3, -0.25) is 4.79 Å². The standard InChI is InChI=1S/C20H19F3N6O2/c21-12-5-14-18(24-7-12)31-10-19(22,23)9-25-17(30)13-8-26-29-4-2-15(27-16(13)29)28-3-1-11-6-20(11,14)28/h2,4,7-8,11,14H,1,3,5-6,9-10H2,(H,25,30)/t11-,14?,20+/m0/s1. The minimum atomic E-state index is -3.33. The predicted octanol–water partition coefficient (Wildman–Crippen LogP) is 2.32. The van der Waals surface area contributed by atoms with E-state index < -0.39 is 42.3 Å². The zero-order valence-electron chi connectivity index (χ0n) is 16.4. The van der Waals surface area contributed by atoms with Gasteiger partial charge in [-0.2, -0.15) is 5.10 Å². The quantitative estimate of drug-likeness (QED) is 0.691. The van der Waals surface area contributed by atoms with Gasteiger partial charge in [0.05, 0.1) is 30.4 Å². The molecule has 2 fully saturated rings. The molecule has 1 aliphatic carbocycles. The van der Waals surface area contributed by atoms with Crippen LogP contribution < -0.4 is 10.2 Å². The predicted molar refractivity (Wildman–Crippen MR) is 104 cm³/mol. The number of hydrogen-bond donors (Lipinski definition) is 1. The normalized spacial score (nSPS) is 31.6. The van der Waals surface area contributed by atoms with E-state index >= 15 is 0 Å². The number of hydrogen-bond acceptors (Lipinski definition) is 6. The lowest BCUT2D eigenvalue weighted by molar-refractivity contribution is -0.0437. The fourth-order valence-electron chi connectivity index (χ4n) is 5.25. The monoisotopic (exact) mass is 432 g/mol. The van der Waals surface area contributed by atoms with Gasteiger partial charge in [0, 0.05) is 19.2 Å². The summed E-state index contributed by atoms with van der Waals surface area (Å²) >= 11 is 0. The molecular formula is C20H19F3N6O2. The number of piperidine rings is 1. The molecule has 6 rings (SSSR count). The third-order valence-corrected chi connectivity index (χ3v) is 6.77. The van der Waals surface area contributed by atoms with E-state index in [4.69, 9.17) is 4.74 Å². The number of aromatic nitrogens is 3. The first kappa shape index (κ1) is 18.6. The zero-order valence-corrected chi connectivity index (χ0v) is 16.4. The Morgan fingerprint density at radius 2 is 2.19 bits per heavy atom. The van der Waals surface area contributed by atoms with Gasteiger partial charge < -0.3 is 15.0 Å². The third-order valence-electron chi connectivity index (χ3n) is 6.77. The fraction of sp³-hybridized carbons (Fsp3) is 0.500. The van der Waals surface area contributed by atoms with Gasteiger partial charge in [-0.25, -0.2) is 27.7 Å². The van der Waals surface area contributed by atoms with Crippen LogP contribution in [0.4, 0.5) is 19.0 Å². The van der Waals surface area contributed by atoms with E-state index in [1.165, 1.54) is 10.7 Å². The van der Waals surface area contributed by atoms with Crippen molar-refractivity contribution < 1.29 is 22.7 Å². The van der Waals surface area contributed by atoms with E-state index in [-0.39, 0.29) is 29.4 Å². The second-order valence-corrected chi connectivity index (χ2v) is 8.57. The third kappa shape index (κ3) is 2.75. The van der Waals surface area contributed by atoms with Crippen molar-refractivity contribution in [2.45, 2.75) is 30.7 Å². The fourth-order valence-corrected chi connectivity index (χ4v) is 5.25. The van der Waals surface area contributed by atoms with Crippen LogP contribution in [-0.2, 0) is 4.74 Å². The molecule has 0 aromatic carbocycles. The molecular weight excluding hydrogens is 413 g/mol. The minimum Gasteiger partial charge on any atom is -0.474 e. The molecule has 4 aliphatic rings. The molecule has 31 heavy (non-hydrogen) atoms. The molecule has 2 aromatic rings. The van der Waals surface area contributed by atoms with E-state index in [9.17, 15) is 18.0 Å². The molecule has 2 aromatic heterocycles. The highest BCUT2D eigenvalue weighted by Gasteiger charge is 2.68. The van der Waals surface area contributed by atoms with Crippen molar-refractivity contribution in [3.63, 3.8) is 0 Å². The molecule has 1 saturated heterocycles. The first-order valence-electron chi connectivity index (χ1n) is 10.2. The highest BCUT2D eigenvalue weighted by molar-refractivity contribution is 5.99. The lowest BCUT2D eigenvalue weighted by Gasteiger charge is -2.37. The molecule has 1 N–H and O–H groups in total. The Labute approximate surface area is 174 Å². The van der Waals surface area contributed by atoms with Crippen molar-refractivity contribution in [3.8, 4) is 0 Å². The summed E-state index contributed by atoms with van der Waals surface area (Å²) < 4.78 is 50.1. The van der Waals surface area contributed by atoms with Crippen molar-refractivity contribution in [2.24, 2.45) is 16.8 Å². The summed E-state index contributed by atoms with van der Waals surface area (Å²) in [6.07, 6.45) is 5.74. The van der Waals surface area contributed by atoms with E-state index in [1.807, 2.05) is 0 Å². The summed E-state index contributed by atoms with van der Waals surface area (Å²) in [6, 6.07) is 1.80. The highest BCUT2D eigenvalue weighted by atomic mass is 19.3. The van der Waals surface area contributed by atoms with E-state index in [1.54, 1.807) is 12.3 Å². The molecule has 1 unspecified atom stereocenters. The van der Waals surface area contributed by atoms with E-state index in [0.29, 0.717) is 12.4 Å². The molecule has 1 amide bonds. The number of anilines is 1. The lowest BCUT2D eigenvalue weighted by Crippen LogP contribution is -2.48.